The van der Waals surface area contributed by atoms with Gasteiger partial charge in [-0.05, 0) is 31.9 Å². The van der Waals surface area contributed by atoms with E-state index in [0.717, 1.165) is 29.8 Å². The fourth-order valence-corrected chi connectivity index (χ4v) is 2.60. The van der Waals surface area contributed by atoms with E-state index in [4.69, 9.17) is 4.74 Å². The number of benzene rings is 1. The number of nitrogens with one attached hydrogen (secondary N) is 1. The van der Waals surface area contributed by atoms with Crippen LogP contribution >= 0.6 is 0 Å². The van der Waals surface area contributed by atoms with Crippen molar-refractivity contribution in [1.82, 2.24) is 15.1 Å². The molecule has 1 saturated carbocycles. The number of nitrogens with zero attached hydrogens (tertiary/aromatic N) is 2. The summed E-state index contributed by atoms with van der Waals surface area (Å²) in [6.45, 7) is 2.02. The number of hydrogen-bond acceptors (Lipinski definition) is 4. The summed E-state index contributed by atoms with van der Waals surface area (Å²) in [5, 5.41) is 7.21. The smallest absolute Gasteiger partial charge is 0.267 e. The van der Waals surface area contributed by atoms with Crippen molar-refractivity contribution in [2.45, 2.75) is 38.3 Å². The number of ether oxygens (including phenoxy) is 1. The third-order valence-corrected chi connectivity index (χ3v) is 4.23. The quantitative estimate of drug-likeness (QED) is 0.881. The number of carbonyl (C=O) groups excluding carboxylic acids is 1. The average molecular weight is 327 g/mol. The summed E-state index contributed by atoms with van der Waals surface area (Å²) >= 11 is 0. The van der Waals surface area contributed by atoms with E-state index in [9.17, 15) is 9.59 Å². The molecule has 1 N–H and O–H groups in total. The van der Waals surface area contributed by atoms with Crippen LogP contribution in [0.15, 0.2) is 41.2 Å². The molecule has 0 aliphatic heterocycles. The summed E-state index contributed by atoms with van der Waals surface area (Å²) in [6, 6.07) is 10.1. The minimum atomic E-state index is -0.661. The van der Waals surface area contributed by atoms with Gasteiger partial charge >= 0.3 is 0 Å². The zero-order chi connectivity index (χ0) is 17.1. The van der Waals surface area contributed by atoms with E-state index >= 15 is 0 Å². The molecule has 1 aliphatic rings. The predicted octanol–water partition coefficient (Wildman–Crippen LogP) is 2.01. The van der Waals surface area contributed by atoms with Crippen LogP contribution in [-0.4, -0.2) is 22.8 Å². The van der Waals surface area contributed by atoms with Gasteiger partial charge in [0.2, 0.25) is 5.91 Å². The number of rotatable bonds is 6. The average Bonchev–Trinajstić information content (AvgIpc) is 3.44. The summed E-state index contributed by atoms with van der Waals surface area (Å²) < 4.78 is 6.54. The second-order valence-electron chi connectivity index (χ2n) is 6.02. The van der Waals surface area contributed by atoms with E-state index in [0.29, 0.717) is 12.5 Å². The molecule has 126 valence electrons. The molecular formula is C18H21N3O3. The molecule has 2 aromatic rings. The van der Waals surface area contributed by atoms with Gasteiger partial charge in [0.1, 0.15) is 11.8 Å². The van der Waals surface area contributed by atoms with E-state index in [1.165, 1.54) is 10.7 Å². The lowest BCUT2D eigenvalue weighted by Crippen LogP contribution is -2.37. The second-order valence-corrected chi connectivity index (χ2v) is 6.02. The lowest BCUT2D eigenvalue weighted by Gasteiger charge is -2.15. The summed E-state index contributed by atoms with van der Waals surface area (Å²) in [7, 11) is 1.59. The largest absolute Gasteiger partial charge is 0.496 e. The third kappa shape index (κ3) is 3.48. The molecule has 1 aromatic carbocycles. The van der Waals surface area contributed by atoms with Gasteiger partial charge in [-0.2, -0.15) is 5.10 Å². The van der Waals surface area contributed by atoms with E-state index in [1.807, 2.05) is 24.3 Å². The zero-order valence-electron chi connectivity index (χ0n) is 13.9. The molecular weight excluding hydrogens is 306 g/mol. The fourth-order valence-electron chi connectivity index (χ4n) is 2.60. The minimum absolute atomic E-state index is 0.247. The maximum absolute atomic E-state index is 12.4. The van der Waals surface area contributed by atoms with Crippen molar-refractivity contribution in [2.24, 2.45) is 0 Å². The molecule has 1 atom stereocenters. The molecule has 0 spiro atoms. The lowest BCUT2D eigenvalue weighted by molar-refractivity contribution is -0.124. The Morgan fingerprint density at radius 1 is 1.33 bits per heavy atom. The first-order chi connectivity index (χ1) is 11.6. The van der Waals surface area contributed by atoms with Gasteiger partial charge in [0.25, 0.3) is 5.56 Å². The highest BCUT2D eigenvalue weighted by molar-refractivity contribution is 5.79. The highest BCUT2D eigenvalue weighted by Gasteiger charge is 2.27. The molecule has 0 radical (unpaired) electrons. The number of para-hydroxylation sites is 1. The molecule has 1 fully saturated rings. The molecule has 6 heteroatoms. The standard InChI is InChI=1S/C18H21N3O3/c1-12(21-17(22)10-9-15(20-21)13-7-8-13)18(23)19-11-14-5-3-4-6-16(14)24-2/h3-6,9-10,12-13H,7-8,11H2,1-2H3,(H,19,23). The molecule has 1 unspecified atom stereocenters. The molecule has 1 aromatic heterocycles. The Balaban J connectivity index is 1.71. The summed E-state index contributed by atoms with van der Waals surface area (Å²) in [4.78, 5) is 24.4. The van der Waals surface area contributed by atoms with Crippen molar-refractivity contribution in [3.63, 3.8) is 0 Å². The van der Waals surface area contributed by atoms with Gasteiger partial charge in [-0.3, -0.25) is 9.59 Å². The normalized spacial score (nSPS) is 14.9. The van der Waals surface area contributed by atoms with Crippen molar-refractivity contribution >= 4 is 5.91 Å². The van der Waals surface area contributed by atoms with Gasteiger partial charge in [-0.1, -0.05) is 18.2 Å². The van der Waals surface area contributed by atoms with Crippen molar-refractivity contribution in [3.8, 4) is 5.75 Å². The molecule has 24 heavy (non-hydrogen) atoms. The van der Waals surface area contributed by atoms with Crippen molar-refractivity contribution < 1.29 is 9.53 Å². The zero-order valence-corrected chi connectivity index (χ0v) is 13.9. The molecule has 1 heterocycles. The third-order valence-electron chi connectivity index (χ3n) is 4.23. The van der Waals surface area contributed by atoms with Crippen molar-refractivity contribution in [2.75, 3.05) is 7.11 Å². The highest BCUT2D eigenvalue weighted by Crippen LogP contribution is 2.38. The maximum Gasteiger partial charge on any atom is 0.267 e. The van der Waals surface area contributed by atoms with Gasteiger partial charge in [0.05, 0.1) is 12.8 Å². The van der Waals surface area contributed by atoms with Crippen LogP contribution < -0.4 is 15.6 Å². The Kier molecular flexibility index (Phi) is 4.64. The predicted molar refractivity (Wildman–Crippen MR) is 90.0 cm³/mol. The summed E-state index contributed by atoms with van der Waals surface area (Å²) in [5.41, 5.74) is 1.51. The van der Waals surface area contributed by atoms with Crippen LogP contribution in [0.1, 0.15) is 43.0 Å². The first-order valence-electron chi connectivity index (χ1n) is 8.09. The Morgan fingerprint density at radius 3 is 2.79 bits per heavy atom. The van der Waals surface area contributed by atoms with E-state index in [1.54, 1.807) is 20.1 Å². The topological polar surface area (TPSA) is 73.2 Å². The van der Waals surface area contributed by atoms with Crippen LogP contribution in [0, 0.1) is 0 Å². The number of methoxy groups -OCH3 is 1. The van der Waals surface area contributed by atoms with Crippen LogP contribution in [-0.2, 0) is 11.3 Å². The Bertz CT molecular complexity index is 796. The Hall–Kier alpha value is -2.63. The SMILES string of the molecule is COc1ccccc1CNC(=O)C(C)n1nc(C2CC2)ccc1=O. The maximum atomic E-state index is 12.4. The number of amides is 1. The molecule has 1 amide bonds. The van der Waals surface area contributed by atoms with Crippen LogP contribution in [0.4, 0.5) is 0 Å². The second kappa shape index (κ2) is 6.86. The van der Waals surface area contributed by atoms with E-state index < -0.39 is 6.04 Å². The molecule has 1 aliphatic carbocycles. The molecule has 0 bridgehead atoms. The van der Waals surface area contributed by atoms with Gasteiger partial charge in [-0.25, -0.2) is 4.68 Å². The molecule has 6 nitrogen and oxygen atoms in total. The van der Waals surface area contributed by atoms with E-state index in [-0.39, 0.29) is 11.5 Å². The fraction of sp³-hybridized carbons (Fsp3) is 0.389. The van der Waals surface area contributed by atoms with Crippen LogP contribution in [0.5, 0.6) is 5.75 Å². The number of aromatic nitrogens is 2. The Labute approximate surface area is 140 Å². The van der Waals surface area contributed by atoms with Gasteiger partial charge in [0.15, 0.2) is 0 Å². The van der Waals surface area contributed by atoms with Crippen LogP contribution in [0.2, 0.25) is 0 Å². The van der Waals surface area contributed by atoms with Gasteiger partial charge < -0.3 is 10.1 Å². The monoisotopic (exact) mass is 327 g/mol. The lowest BCUT2D eigenvalue weighted by atomic mass is 10.2. The van der Waals surface area contributed by atoms with Crippen molar-refractivity contribution in [1.29, 1.82) is 0 Å². The molecule has 3 rings (SSSR count). The Morgan fingerprint density at radius 2 is 2.08 bits per heavy atom. The summed E-state index contributed by atoms with van der Waals surface area (Å²) in [5.74, 6) is 0.903. The van der Waals surface area contributed by atoms with Gasteiger partial charge in [0, 0.05) is 24.1 Å². The number of carbonyl (C=O) groups is 1. The minimum Gasteiger partial charge on any atom is -0.496 e. The van der Waals surface area contributed by atoms with Crippen molar-refractivity contribution in [3.05, 3.63) is 58.0 Å². The molecule has 0 saturated heterocycles. The number of hydrogen-bond donors (Lipinski definition) is 1. The first-order valence-corrected chi connectivity index (χ1v) is 8.09. The van der Waals surface area contributed by atoms with Gasteiger partial charge in [-0.15, -0.1) is 0 Å². The van der Waals surface area contributed by atoms with Crippen LogP contribution in [0.25, 0.3) is 0 Å². The first kappa shape index (κ1) is 16.2. The highest BCUT2D eigenvalue weighted by atomic mass is 16.5. The summed E-state index contributed by atoms with van der Waals surface area (Å²) in [6.07, 6.45) is 2.19. The van der Waals surface area contributed by atoms with Crippen LogP contribution in [0.3, 0.4) is 0 Å². The van der Waals surface area contributed by atoms with E-state index in [2.05, 4.69) is 10.4 Å².